The predicted molar refractivity (Wildman–Crippen MR) is 63.7 cm³/mol. The molecule has 0 amide bonds. The van der Waals surface area contributed by atoms with Gasteiger partial charge in [0.25, 0.3) is 0 Å². The molecule has 1 aromatic heterocycles. The van der Waals surface area contributed by atoms with Gasteiger partial charge in [-0.05, 0) is 32.9 Å². The number of aliphatic carboxylic acids is 1. The fourth-order valence-electron chi connectivity index (χ4n) is 1.82. The van der Waals surface area contributed by atoms with Crippen LogP contribution in [0, 0.1) is 6.92 Å². The van der Waals surface area contributed by atoms with Crippen molar-refractivity contribution in [3.8, 4) is 0 Å². The lowest BCUT2D eigenvalue weighted by Gasteiger charge is -2.29. The summed E-state index contributed by atoms with van der Waals surface area (Å²) in [5.41, 5.74) is 1.97. The molecule has 4 heteroatoms. The molecule has 0 aliphatic carbocycles. The molecule has 0 aliphatic rings. The molecule has 0 saturated heterocycles. The first-order chi connectivity index (χ1) is 7.54. The van der Waals surface area contributed by atoms with E-state index in [4.69, 9.17) is 5.11 Å². The van der Waals surface area contributed by atoms with Gasteiger partial charge in [0, 0.05) is 30.2 Å². The van der Waals surface area contributed by atoms with Crippen LogP contribution in [0.5, 0.6) is 0 Å². The maximum absolute atomic E-state index is 10.7. The highest BCUT2D eigenvalue weighted by Crippen LogP contribution is 2.18. The summed E-state index contributed by atoms with van der Waals surface area (Å²) in [6.07, 6.45) is 1.90. The van der Waals surface area contributed by atoms with Gasteiger partial charge in [0.05, 0.1) is 6.42 Å². The Labute approximate surface area is 95.9 Å². The zero-order valence-corrected chi connectivity index (χ0v) is 9.97. The Bertz CT molecular complexity index is 366. The van der Waals surface area contributed by atoms with Crippen LogP contribution in [-0.2, 0) is 4.79 Å². The quantitative estimate of drug-likeness (QED) is 0.828. The molecule has 0 radical (unpaired) electrons. The SMILES string of the molecule is CCN(c1ccnc(C)c1)C(C)CC(=O)O. The molecule has 0 saturated carbocycles. The van der Waals surface area contributed by atoms with Crippen LogP contribution in [-0.4, -0.2) is 28.6 Å². The average Bonchev–Trinajstić information content (AvgIpc) is 2.17. The molecule has 0 aromatic carbocycles. The molecule has 88 valence electrons. The number of carboxylic acid groups (broad SMARTS) is 1. The summed E-state index contributed by atoms with van der Waals surface area (Å²) in [6, 6.07) is 3.88. The molecule has 4 nitrogen and oxygen atoms in total. The van der Waals surface area contributed by atoms with Crippen LogP contribution >= 0.6 is 0 Å². The van der Waals surface area contributed by atoms with E-state index in [9.17, 15) is 4.79 Å². The van der Waals surface area contributed by atoms with Crippen molar-refractivity contribution in [2.75, 3.05) is 11.4 Å². The third kappa shape index (κ3) is 3.22. The van der Waals surface area contributed by atoms with Crippen LogP contribution in [0.4, 0.5) is 5.69 Å². The molecule has 16 heavy (non-hydrogen) atoms. The van der Waals surface area contributed by atoms with Gasteiger partial charge in [0.1, 0.15) is 0 Å². The molecule has 1 heterocycles. The van der Waals surface area contributed by atoms with Crippen molar-refractivity contribution in [1.29, 1.82) is 0 Å². The zero-order valence-electron chi connectivity index (χ0n) is 9.97. The highest BCUT2D eigenvalue weighted by atomic mass is 16.4. The lowest BCUT2D eigenvalue weighted by molar-refractivity contribution is -0.137. The summed E-state index contributed by atoms with van der Waals surface area (Å²) in [5, 5.41) is 8.79. The van der Waals surface area contributed by atoms with E-state index >= 15 is 0 Å². The Kier molecular flexibility index (Phi) is 4.28. The third-order valence-electron chi connectivity index (χ3n) is 2.55. The largest absolute Gasteiger partial charge is 0.481 e. The first-order valence-electron chi connectivity index (χ1n) is 5.45. The molecule has 0 bridgehead atoms. The van der Waals surface area contributed by atoms with Crippen molar-refractivity contribution in [2.45, 2.75) is 33.2 Å². The van der Waals surface area contributed by atoms with Gasteiger partial charge < -0.3 is 10.0 Å². The zero-order chi connectivity index (χ0) is 12.1. The summed E-state index contributed by atoms with van der Waals surface area (Å²) in [7, 11) is 0. The fraction of sp³-hybridized carbons (Fsp3) is 0.500. The summed E-state index contributed by atoms with van der Waals surface area (Å²) in [6.45, 7) is 6.67. The van der Waals surface area contributed by atoms with Crippen molar-refractivity contribution in [1.82, 2.24) is 4.98 Å². The van der Waals surface area contributed by atoms with E-state index in [1.807, 2.05) is 32.9 Å². The van der Waals surface area contributed by atoms with E-state index in [2.05, 4.69) is 9.88 Å². The summed E-state index contributed by atoms with van der Waals surface area (Å²) in [5.74, 6) is -0.767. The first-order valence-corrected chi connectivity index (χ1v) is 5.45. The second-order valence-corrected chi connectivity index (χ2v) is 3.89. The maximum Gasteiger partial charge on any atom is 0.305 e. The number of rotatable bonds is 5. The molecule has 0 aliphatic heterocycles. The number of pyridine rings is 1. The van der Waals surface area contributed by atoms with Crippen molar-refractivity contribution < 1.29 is 9.90 Å². The van der Waals surface area contributed by atoms with Crippen LogP contribution in [0.3, 0.4) is 0 Å². The normalized spacial score (nSPS) is 12.2. The average molecular weight is 222 g/mol. The van der Waals surface area contributed by atoms with Gasteiger partial charge >= 0.3 is 5.97 Å². The van der Waals surface area contributed by atoms with Crippen molar-refractivity contribution >= 4 is 11.7 Å². The van der Waals surface area contributed by atoms with Crippen molar-refractivity contribution in [3.05, 3.63) is 24.0 Å². The van der Waals surface area contributed by atoms with E-state index in [-0.39, 0.29) is 12.5 Å². The molecule has 1 aromatic rings. The van der Waals surface area contributed by atoms with Gasteiger partial charge in [0.15, 0.2) is 0 Å². The molecule has 1 rings (SSSR count). The lowest BCUT2D eigenvalue weighted by atomic mass is 10.1. The Morgan fingerprint density at radius 2 is 2.31 bits per heavy atom. The highest BCUT2D eigenvalue weighted by molar-refractivity contribution is 5.68. The maximum atomic E-state index is 10.7. The van der Waals surface area contributed by atoms with E-state index in [0.717, 1.165) is 17.9 Å². The van der Waals surface area contributed by atoms with Crippen LogP contribution in [0.2, 0.25) is 0 Å². The molecular formula is C12H18N2O2. The smallest absolute Gasteiger partial charge is 0.305 e. The number of anilines is 1. The van der Waals surface area contributed by atoms with Crippen molar-refractivity contribution in [2.24, 2.45) is 0 Å². The van der Waals surface area contributed by atoms with E-state index in [1.54, 1.807) is 6.20 Å². The molecule has 0 fully saturated rings. The Hall–Kier alpha value is -1.58. The minimum Gasteiger partial charge on any atom is -0.481 e. The minimum absolute atomic E-state index is 0.00991. The summed E-state index contributed by atoms with van der Waals surface area (Å²) >= 11 is 0. The number of nitrogens with zero attached hydrogens (tertiary/aromatic N) is 2. The lowest BCUT2D eigenvalue weighted by Crippen LogP contribution is -2.34. The van der Waals surface area contributed by atoms with Gasteiger partial charge in [-0.1, -0.05) is 0 Å². The Balaban J connectivity index is 2.85. The summed E-state index contributed by atoms with van der Waals surface area (Å²) in [4.78, 5) is 16.9. The highest BCUT2D eigenvalue weighted by Gasteiger charge is 2.15. The molecular weight excluding hydrogens is 204 g/mol. The number of carboxylic acids is 1. The minimum atomic E-state index is -0.767. The molecule has 1 atom stereocenters. The third-order valence-corrected chi connectivity index (χ3v) is 2.55. The van der Waals surface area contributed by atoms with Gasteiger partial charge in [-0.15, -0.1) is 0 Å². The fourth-order valence-corrected chi connectivity index (χ4v) is 1.82. The monoisotopic (exact) mass is 222 g/mol. The second-order valence-electron chi connectivity index (χ2n) is 3.89. The number of carbonyl (C=O) groups is 1. The Morgan fingerprint density at radius 1 is 1.62 bits per heavy atom. The first kappa shape index (κ1) is 12.5. The van der Waals surface area contributed by atoms with Crippen LogP contribution in [0.15, 0.2) is 18.3 Å². The number of aryl methyl sites for hydroxylation is 1. The standard InChI is InChI=1S/C12H18N2O2/c1-4-14(10(3)8-12(15)16)11-5-6-13-9(2)7-11/h5-7,10H,4,8H2,1-3H3,(H,15,16). The van der Waals surface area contributed by atoms with Crippen LogP contribution in [0.25, 0.3) is 0 Å². The van der Waals surface area contributed by atoms with Gasteiger partial charge in [-0.2, -0.15) is 0 Å². The number of hydrogen-bond acceptors (Lipinski definition) is 3. The second kappa shape index (κ2) is 5.49. The van der Waals surface area contributed by atoms with Crippen molar-refractivity contribution in [3.63, 3.8) is 0 Å². The predicted octanol–water partition coefficient (Wildman–Crippen LogP) is 2.08. The van der Waals surface area contributed by atoms with E-state index in [1.165, 1.54) is 0 Å². The number of hydrogen-bond donors (Lipinski definition) is 1. The van der Waals surface area contributed by atoms with E-state index < -0.39 is 5.97 Å². The molecule has 0 spiro atoms. The van der Waals surface area contributed by atoms with E-state index in [0.29, 0.717) is 0 Å². The molecule has 1 N–H and O–H groups in total. The van der Waals surface area contributed by atoms with Crippen LogP contribution < -0.4 is 4.90 Å². The molecule has 1 unspecified atom stereocenters. The van der Waals surface area contributed by atoms with Gasteiger partial charge in [-0.25, -0.2) is 0 Å². The van der Waals surface area contributed by atoms with Crippen LogP contribution in [0.1, 0.15) is 26.0 Å². The Morgan fingerprint density at radius 3 is 2.81 bits per heavy atom. The summed E-state index contributed by atoms with van der Waals surface area (Å²) < 4.78 is 0. The topological polar surface area (TPSA) is 53.4 Å². The van der Waals surface area contributed by atoms with Gasteiger partial charge in [0.2, 0.25) is 0 Å². The van der Waals surface area contributed by atoms with Gasteiger partial charge in [-0.3, -0.25) is 9.78 Å². The number of aromatic nitrogens is 1.